The first-order valence-corrected chi connectivity index (χ1v) is 12.4. The van der Waals surface area contributed by atoms with Crippen LogP contribution in [0.3, 0.4) is 0 Å². The molecule has 0 aliphatic heterocycles. The van der Waals surface area contributed by atoms with Crippen LogP contribution in [0.2, 0.25) is 0 Å². The highest BCUT2D eigenvalue weighted by Crippen LogP contribution is 2.16. The topological polar surface area (TPSA) is 61.6 Å². The minimum atomic E-state index is -0.371. The lowest BCUT2D eigenvalue weighted by Crippen LogP contribution is -2.18. The van der Waals surface area contributed by atoms with Gasteiger partial charge in [-0.1, -0.05) is 110 Å². The molecular formula is C22H46NO3P. The van der Waals surface area contributed by atoms with Crippen LogP contribution < -0.4 is 5.73 Å². The summed E-state index contributed by atoms with van der Waals surface area (Å²) in [6.45, 7) is 3.21. The van der Waals surface area contributed by atoms with Crippen molar-refractivity contribution in [3.05, 3.63) is 0 Å². The van der Waals surface area contributed by atoms with Gasteiger partial charge in [0.1, 0.15) is 0 Å². The fraction of sp³-hybridized carbons (Fsp3) is 1.00. The van der Waals surface area contributed by atoms with Gasteiger partial charge in [-0.15, -0.1) is 0 Å². The van der Waals surface area contributed by atoms with E-state index in [4.69, 9.17) is 15.0 Å². The van der Waals surface area contributed by atoms with Crippen LogP contribution in [0.1, 0.15) is 122 Å². The Morgan fingerprint density at radius 1 is 0.704 bits per heavy atom. The third-order valence-electron chi connectivity index (χ3n) is 5.13. The van der Waals surface area contributed by atoms with E-state index in [0.29, 0.717) is 13.2 Å². The third-order valence-corrected chi connectivity index (χ3v) is 5.45. The summed E-state index contributed by atoms with van der Waals surface area (Å²) in [5.74, 6) is 0. The van der Waals surface area contributed by atoms with Gasteiger partial charge in [0.2, 0.25) is 0 Å². The molecule has 0 bridgehead atoms. The van der Waals surface area contributed by atoms with Crippen LogP contribution in [0.4, 0.5) is 0 Å². The minimum absolute atomic E-state index is 0.311. The highest BCUT2D eigenvalue weighted by molar-refractivity contribution is 7.17. The normalized spacial score (nSPS) is 12.7. The molecule has 0 aromatic carbocycles. The molecule has 162 valence electrons. The van der Waals surface area contributed by atoms with Crippen LogP contribution in [0.5, 0.6) is 0 Å². The molecule has 0 radical (unpaired) electrons. The Hall–Kier alpha value is -0.0200. The zero-order valence-corrected chi connectivity index (χ0v) is 18.9. The van der Waals surface area contributed by atoms with E-state index in [2.05, 4.69) is 6.92 Å². The Balaban J connectivity index is 3.18. The van der Waals surface area contributed by atoms with E-state index in [9.17, 15) is 4.57 Å². The fourth-order valence-electron chi connectivity index (χ4n) is 3.45. The van der Waals surface area contributed by atoms with E-state index >= 15 is 0 Å². The molecule has 5 heteroatoms. The van der Waals surface area contributed by atoms with E-state index in [0.717, 1.165) is 12.8 Å². The van der Waals surface area contributed by atoms with E-state index in [1.54, 1.807) is 0 Å². The number of hydrogen-bond acceptors (Lipinski definition) is 4. The first-order valence-electron chi connectivity index (χ1n) is 11.6. The predicted molar refractivity (Wildman–Crippen MR) is 116 cm³/mol. The van der Waals surface area contributed by atoms with Gasteiger partial charge >= 0.3 is 8.69 Å². The largest absolute Gasteiger partial charge is 0.350 e. The molecule has 2 N–H and O–H groups in total. The molecular weight excluding hydrogens is 357 g/mol. The molecule has 0 amide bonds. The molecule has 0 rings (SSSR count). The smallest absolute Gasteiger partial charge is 0.329 e. The fourth-order valence-corrected chi connectivity index (χ4v) is 3.71. The van der Waals surface area contributed by atoms with Crippen molar-refractivity contribution in [2.24, 2.45) is 5.73 Å². The van der Waals surface area contributed by atoms with Gasteiger partial charge < -0.3 is 10.5 Å². The van der Waals surface area contributed by atoms with Crippen LogP contribution in [0.25, 0.3) is 0 Å². The highest BCUT2D eigenvalue weighted by atomic mass is 31.1. The van der Waals surface area contributed by atoms with E-state index in [1.165, 1.54) is 103 Å². The first kappa shape index (κ1) is 27.0. The summed E-state index contributed by atoms with van der Waals surface area (Å²) in [5.41, 5.74) is 5.41. The number of hydrogen-bond donors (Lipinski definition) is 1. The Morgan fingerprint density at radius 3 is 1.48 bits per heavy atom. The van der Waals surface area contributed by atoms with Crippen molar-refractivity contribution < 1.29 is 13.8 Å². The van der Waals surface area contributed by atoms with Crippen molar-refractivity contribution in [1.29, 1.82) is 0 Å². The molecule has 0 aromatic heterocycles. The zero-order chi connectivity index (χ0) is 19.8. The van der Waals surface area contributed by atoms with Gasteiger partial charge in [-0.3, -0.25) is 4.52 Å². The Labute approximate surface area is 170 Å². The van der Waals surface area contributed by atoms with Gasteiger partial charge in [-0.25, -0.2) is 4.57 Å². The van der Waals surface area contributed by atoms with Gasteiger partial charge in [-0.2, -0.15) is 0 Å². The Morgan fingerprint density at radius 2 is 1.11 bits per heavy atom. The lowest BCUT2D eigenvalue weighted by Gasteiger charge is -2.13. The molecule has 0 saturated carbocycles. The average Bonchev–Trinajstić information content (AvgIpc) is 2.68. The highest BCUT2D eigenvalue weighted by Gasteiger charge is 2.08. The van der Waals surface area contributed by atoms with Gasteiger partial charge in [0.15, 0.2) is 6.29 Å². The van der Waals surface area contributed by atoms with Gasteiger partial charge in [0.05, 0.1) is 6.61 Å². The molecule has 0 aromatic rings. The summed E-state index contributed by atoms with van der Waals surface area (Å²) in [4.78, 5) is 0. The maximum Gasteiger partial charge on any atom is 0.329 e. The van der Waals surface area contributed by atoms with Gasteiger partial charge in [0, 0.05) is 6.54 Å². The zero-order valence-electron chi connectivity index (χ0n) is 18.0. The number of unbranched alkanes of at least 4 members (excludes halogenated alkanes) is 16. The number of rotatable bonds is 23. The van der Waals surface area contributed by atoms with Crippen molar-refractivity contribution in [2.75, 3.05) is 13.2 Å². The molecule has 0 fully saturated rings. The molecule has 0 saturated heterocycles. The summed E-state index contributed by atoms with van der Waals surface area (Å²) in [6.07, 6.45) is 23.7. The molecule has 1 atom stereocenters. The third kappa shape index (κ3) is 22.1. The Kier molecular flexibility index (Phi) is 24.0. The quantitative estimate of drug-likeness (QED) is 0.109. The van der Waals surface area contributed by atoms with E-state index in [1.807, 2.05) is 0 Å². The SMILES string of the molecule is CCCCCCCCCCCCCCCCCCCC(OCCN)OP=O. The van der Waals surface area contributed by atoms with Crippen LogP contribution in [-0.4, -0.2) is 19.4 Å². The second kappa shape index (κ2) is 24.0. The second-order valence-corrected chi connectivity index (χ2v) is 8.07. The summed E-state index contributed by atoms with van der Waals surface area (Å²) < 4.78 is 20.9. The number of ether oxygens (including phenoxy) is 1. The lowest BCUT2D eigenvalue weighted by atomic mass is 10.0. The molecule has 0 aliphatic carbocycles. The molecule has 0 heterocycles. The van der Waals surface area contributed by atoms with Crippen molar-refractivity contribution in [2.45, 2.75) is 129 Å². The summed E-state index contributed by atoms with van der Waals surface area (Å²) in [6, 6.07) is 0. The summed E-state index contributed by atoms with van der Waals surface area (Å²) in [5, 5.41) is 0. The Bertz CT molecular complexity index is 293. The minimum Gasteiger partial charge on any atom is -0.350 e. The monoisotopic (exact) mass is 403 g/mol. The maximum atomic E-state index is 10.5. The molecule has 0 spiro atoms. The van der Waals surface area contributed by atoms with Crippen molar-refractivity contribution >= 4 is 8.69 Å². The van der Waals surface area contributed by atoms with Crippen LogP contribution >= 0.6 is 8.69 Å². The van der Waals surface area contributed by atoms with Gasteiger partial charge in [0.25, 0.3) is 0 Å². The lowest BCUT2D eigenvalue weighted by molar-refractivity contribution is -0.0759. The predicted octanol–water partition coefficient (Wildman–Crippen LogP) is 7.55. The van der Waals surface area contributed by atoms with Crippen molar-refractivity contribution in [3.8, 4) is 0 Å². The van der Waals surface area contributed by atoms with Crippen LogP contribution in [0, 0.1) is 0 Å². The maximum absolute atomic E-state index is 10.5. The standard InChI is InChI=1S/C22H46NO3P/c1-2-3-4-5-6-7-8-9-10-11-12-13-14-15-16-17-18-19-22(26-27-24)25-21-20-23/h22H,2-21,23H2,1H3. The van der Waals surface area contributed by atoms with Crippen LogP contribution in [-0.2, 0) is 13.8 Å². The van der Waals surface area contributed by atoms with E-state index in [-0.39, 0.29) is 15.0 Å². The molecule has 4 nitrogen and oxygen atoms in total. The molecule has 1 unspecified atom stereocenters. The van der Waals surface area contributed by atoms with Gasteiger partial charge in [-0.05, 0) is 12.8 Å². The molecule has 27 heavy (non-hydrogen) atoms. The number of nitrogens with two attached hydrogens (primary N) is 1. The second-order valence-electron chi connectivity index (χ2n) is 7.71. The first-order chi connectivity index (χ1) is 13.3. The molecule has 0 aliphatic rings. The average molecular weight is 404 g/mol. The summed E-state index contributed by atoms with van der Waals surface area (Å²) >= 11 is 0. The summed E-state index contributed by atoms with van der Waals surface area (Å²) in [7, 11) is -0.311. The van der Waals surface area contributed by atoms with E-state index < -0.39 is 0 Å². The van der Waals surface area contributed by atoms with Crippen molar-refractivity contribution in [3.63, 3.8) is 0 Å². The van der Waals surface area contributed by atoms with Crippen molar-refractivity contribution in [1.82, 2.24) is 0 Å². The van der Waals surface area contributed by atoms with Crippen LogP contribution in [0.15, 0.2) is 0 Å².